The molecule has 1 aliphatic heterocycles. The third-order valence-corrected chi connectivity index (χ3v) is 4.32. The molecule has 0 unspecified atom stereocenters. The number of carbonyl (C=O) groups excluding carboxylic acids is 2. The summed E-state index contributed by atoms with van der Waals surface area (Å²) >= 11 is 0. The van der Waals surface area contributed by atoms with Gasteiger partial charge in [0, 0.05) is 30.0 Å². The Morgan fingerprint density at radius 1 is 1.04 bits per heavy atom. The average Bonchev–Trinajstić information content (AvgIpc) is 3.22. The van der Waals surface area contributed by atoms with E-state index in [0.717, 1.165) is 25.2 Å². The average molecular weight is 368 g/mol. The molecule has 3 rings (SSSR count). The lowest BCUT2D eigenvalue weighted by Gasteiger charge is -2.12. The molecule has 1 saturated heterocycles. The van der Waals surface area contributed by atoms with Crippen molar-refractivity contribution in [2.75, 3.05) is 23.8 Å². The van der Waals surface area contributed by atoms with Crippen molar-refractivity contribution in [2.24, 2.45) is 0 Å². The molecule has 0 aliphatic carbocycles. The molecule has 1 aliphatic rings. The van der Waals surface area contributed by atoms with Gasteiger partial charge in [-0.3, -0.25) is 9.59 Å². The van der Waals surface area contributed by atoms with Crippen molar-refractivity contribution in [3.8, 4) is 5.75 Å². The Kier molecular flexibility index (Phi) is 6.44. The number of rotatable bonds is 7. The van der Waals surface area contributed by atoms with Crippen LogP contribution in [-0.4, -0.2) is 31.1 Å². The first-order chi connectivity index (χ1) is 13.1. The highest BCUT2D eigenvalue weighted by atomic mass is 16.5. The summed E-state index contributed by atoms with van der Waals surface area (Å²) in [7, 11) is 0. The van der Waals surface area contributed by atoms with Crippen LogP contribution in [0.4, 0.5) is 11.4 Å². The zero-order valence-corrected chi connectivity index (χ0v) is 15.4. The van der Waals surface area contributed by atoms with Crippen LogP contribution in [0.15, 0.2) is 48.5 Å². The van der Waals surface area contributed by atoms with Crippen LogP contribution in [0.1, 0.15) is 36.5 Å². The second-order valence-electron chi connectivity index (χ2n) is 6.40. The van der Waals surface area contributed by atoms with E-state index in [2.05, 4.69) is 10.6 Å². The van der Waals surface area contributed by atoms with Crippen LogP contribution in [0.5, 0.6) is 5.75 Å². The van der Waals surface area contributed by atoms with E-state index in [-0.39, 0.29) is 17.9 Å². The molecule has 6 heteroatoms. The Morgan fingerprint density at radius 2 is 1.70 bits per heavy atom. The summed E-state index contributed by atoms with van der Waals surface area (Å²) in [6, 6.07) is 14.0. The Morgan fingerprint density at radius 3 is 2.30 bits per heavy atom. The molecule has 1 atom stereocenters. The van der Waals surface area contributed by atoms with Crippen LogP contribution in [0.2, 0.25) is 0 Å². The Labute approximate surface area is 158 Å². The summed E-state index contributed by atoms with van der Waals surface area (Å²) in [4.78, 5) is 23.7. The summed E-state index contributed by atoms with van der Waals surface area (Å²) in [5, 5.41) is 5.60. The van der Waals surface area contributed by atoms with Crippen molar-refractivity contribution < 1.29 is 19.1 Å². The summed E-state index contributed by atoms with van der Waals surface area (Å²) in [5.41, 5.74) is 1.91. The predicted octanol–water partition coefficient (Wildman–Crippen LogP) is 3.85. The van der Waals surface area contributed by atoms with Gasteiger partial charge in [0.1, 0.15) is 12.4 Å². The number of hydrogen-bond donors (Lipinski definition) is 2. The number of hydrogen-bond acceptors (Lipinski definition) is 4. The van der Waals surface area contributed by atoms with Crippen molar-refractivity contribution in [3.63, 3.8) is 0 Å². The monoisotopic (exact) mass is 368 g/mol. The van der Waals surface area contributed by atoms with Crippen LogP contribution < -0.4 is 15.4 Å². The van der Waals surface area contributed by atoms with Gasteiger partial charge in [0.2, 0.25) is 5.91 Å². The standard InChI is InChI=1S/C21H24N2O4/c1-2-20(24)22-16-7-9-17(10-8-16)23-21(25)15-5-11-18(12-6-15)27-14-19-4-3-13-26-19/h5-12,19H,2-4,13-14H2,1H3,(H,22,24)(H,23,25)/t19-/m0/s1. The molecule has 27 heavy (non-hydrogen) atoms. The van der Waals surface area contributed by atoms with E-state index in [0.29, 0.717) is 30.0 Å². The Bertz CT molecular complexity index is 766. The highest BCUT2D eigenvalue weighted by molar-refractivity contribution is 6.04. The van der Waals surface area contributed by atoms with Gasteiger partial charge in [0.05, 0.1) is 6.10 Å². The minimum Gasteiger partial charge on any atom is -0.491 e. The second-order valence-corrected chi connectivity index (χ2v) is 6.40. The van der Waals surface area contributed by atoms with Gasteiger partial charge in [-0.05, 0) is 61.4 Å². The summed E-state index contributed by atoms with van der Waals surface area (Å²) < 4.78 is 11.2. The lowest BCUT2D eigenvalue weighted by Crippen LogP contribution is -2.16. The third-order valence-electron chi connectivity index (χ3n) is 4.32. The minimum absolute atomic E-state index is 0.0476. The van der Waals surface area contributed by atoms with E-state index in [1.165, 1.54) is 0 Å². The molecule has 6 nitrogen and oxygen atoms in total. The number of carbonyl (C=O) groups is 2. The zero-order valence-electron chi connectivity index (χ0n) is 15.4. The maximum Gasteiger partial charge on any atom is 0.255 e. The van der Waals surface area contributed by atoms with Crippen LogP contribution in [0, 0.1) is 0 Å². The van der Waals surface area contributed by atoms with E-state index in [9.17, 15) is 9.59 Å². The fourth-order valence-corrected chi connectivity index (χ4v) is 2.76. The number of anilines is 2. The van der Waals surface area contributed by atoms with Crippen molar-refractivity contribution >= 4 is 23.2 Å². The number of ether oxygens (including phenoxy) is 2. The highest BCUT2D eigenvalue weighted by Crippen LogP contribution is 2.18. The van der Waals surface area contributed by atoms with Gasteiger partial charge in [-0.15, -0.1) is 0 Å². The van der Waals surface area contributed by atoms with E-state index >= 15 is 0 Å². The molecule has 142 valence electrons. The summed E-state index contributed by atoms with van der Waals surface area (Å²) in [6.07, 6.45) is 2.70. The van der Waals surface area contributed by atoms with Crippen molar-refractivity contribution in [3.05, 3.63) is 54.1 Å². The summed E-state index contributed by atoms with van der Waals surface area (Å²) in [5.74, 6) is 0.470. The quantitative estimate of drug-likeness (QED) is 0.778. The van der Waals surface area contributed by atoms with Crippen LogP contribution in [-0.2, 0) is 9.53 Å². The van der Waals surface area contributed by atoms with Crippen molar-refractivity contribution in [1.82, 2.24) is 0 Å². The van der Waals surface area contributed by atoms with Gasteiger partial charge in [-0.2, -0.15) is 0 Å². The van der Waals surface area contributed by atoms with E-state index in [1.807, 2.05) is 0 Å². The maximum atomic E-state index is 12.4. The van der Waals surface area contributed by atoms with Crippen LogP contribution >= 0.6 is 0 Å². The fourth-order valence-electron chi connectivity index (χ4n) is 2.76. The SMILES string of the molecule is CCC(=O)Nc1ccc(NC(=O)c2ccc(OC[C@@H]3CCCO3)cc2)cc1. The summed E-state index contributed by atoms with van der Waals surface area (Å²) in [6.45, 7) is 3.13. The Balaban J connectivity index is 1.52. The smallest absolute Gasteiger partial charge is 0.255 e. The largest absolute Gasteiger partial charge is 0.491 e. The molecule has 0 bridgehead atoms. The molecule has 2 N–H and O–H groups in total. The van der Waals surface area contributed by atoms with Crippen molar-refractivity contribution in [1.29, 1.82) is 0 Å². The van der Waals surface area contributed by atoms with Gasteiger partial charge in [0.15, 0.2) is 0 Å². The van der Waals surface area contributed by atoms with E-state index in [1.54, 1.807) is 55.5 Å². The molecular weight excluding hydrogens is 344 g/mol. The predicted molar refractivity (Wildman–Crippen MR) is 104 cm³/mol. The molecule has 0 spiro atoms. The molecule has 1 fully saturated rings. The zero-order chi connectivity index (χ0) is 19.1. The number of benzene rings is 2. The van der Waals surface area contributed by atoms with Gasteiger partial charge >= 0.3 is 0 Å². The number of nitrogens with one attached hydrogen (secondary N) is 2. The minimum atomic E-state index is -0.203. The maximum absolute atomic E-state index is 12.4. The van der Waals surface area contributed by atoms with Crippen LogP contribution in [0.25, 0.3) is 0 Å². The normalized spacial score (nSPS) is 16.0. The topological polar surface area (TPSA) is 76.7 Å². The first-order valence-electron chi connectivity index (χ1n) is 9.20. The molecule has 2 aromatic carbocycles. The van der Waals surface area contributed by atoms with Gasteiger partial charge in [-0.1, -0.05) is 6.92 Å². The van der Waals surface area contributed by atoms with E-state index in [4.69, 9.17) is 9.47 Å². The van der Waals surface area contributed by atoms with Gasteiger partial charge in [-0.25, -0.2) is 0 Å². The fraction of sp³-hybridized carbons (Fsp3) is 0.333. The first kappa shape index (κ1) is 18.9. The van der Waals surface area contributed by atoms with Crippen LogP contribution in [0.3, 0.4) is 0 Å². The second kappa shape index (κ2) is 9.19. The molecule has 2 amide bonds. The molecule has 0 radical (unpaired) electrons. The first-order valence-corrected chi connectivity index (χ1v) is 9.20. The van der Waals surface area contributed by atoms with Crippen molar-refractivity contribution in [2.45, 2.75) is 32.3 Å². The molecule has 0 aromatic heterocycles. The van der Waals surface area contributed by atoms with Gasteiger partial charge < -0.3 is 20.1 Å². The lowest BCUT2D eigenvalue weighted by atomic mass is 10.2. The number of amides is 2. The molecular formula is C21H24N2O4. The molecule has 2 aromatic rings. The lowest BCUT2D eigenvalue weighted by molar-refractivity contribution is -0.115. The van der Waals surface area contributed by atoms with E-state index < -0.39 is 0 Å². The van der Waals surface area contributed by atoms with Gasteiger partial charge in [0.25, 0.3) is 5.91 Å². The highest BCUT2D eigenvalue weighted by Gasteiger charge is 2.16. The third kappa shape index (κ3) is 5.56. The Hall–Kier alpha value is -2.86. The molecule has 1 heterocycles. The molecule has 0 saturated carbocycles.